The van der Waals surface area contributed by atoms with E-state index in [1.54, 1.807) is 24.3 Å². The minimum absolute atomic E-state index is 0.0400. The predicted molar refractivity (Wildman–Crippen MR) is 176 cm³/mol. The van der Waals surface area contributed by atoms with Crippen LogP contribution in [0.3, 0.4) is 0 Å². The first-order valence-electron chi connectivity index (χ1n) is 14.6. The third-order valence-electron chi connectivity index (χ3n) is 8.08. The average molecular weight is 648 g/mol. The van der Waals surface area contributed by atoms with E-state index in [1.165, 1.54) is 25.0 Å². The lowest BCUT2D eigenvalue weighted by Crippen LogP contribution is -2.42. The number of nitrogens with zero attached hydrogens (tertiary/aromatic N) is 2. The van der Waals surface area contributed by atoms with Gasteiger partial charge in [0.2, 0.25) is 0 Å². The van der Waals surface area contributed by atoms with Gasteiger partial charge in [-0.25, -0.2) is 8.42 Å². The molecule has 232 valence electrons. The smallest absolute Gasteiger partial charge is 0.256 e. The molecule has 0 bridgehead atoms. The number of likely N-dealkylation sites (tertiary alicyclic amines) is 2. The molecule has 2 amide bonds. The Balaban J connectivity index is 0.000000467. The zero-order valence-corrected chi connectivity index (χ0v) is 27.5. The highest BCUT2D eigenvalue weighted by atomic mass is 35.5. The number of aromatic amines is 1. The highest BCUT2D eigenvalue weighted by Crippen LogP contribution is 2.36. The van der Waals surface area contributed by atoms with Crippen LogP contribution in [0.5, 0.6) is 0 Å². The number of carbonyl (C=O) groups is 2. The molecule has 2 N–H and O–H groups in total. The van der Waals surface area contributed by atoms with Gasteiger partial charge in [0.25, 0.3) is 11.8 Å². The number of carbonyl (C=O) groups excluding carboxylic acids is 2. The molecule has 1 aromatic heterocycles. The number of rotatable bonds is 7. The molecule has 1 aromatic carbocycles. The van der Waals surface area contributed by atoms with Gasteiger partial charge in [0, 0.05) is 58.9 Å². The number of H-pyrrole nitrogens is 1. The van der Waals surface area contributed by atoms with Crippen LogP contribution in [0.25, 0.3) is 11.6 Å². The van der Waals surface area contributed by atoms with Gasteiger partial charge in [-0.1, -0.05) is 23.8 Å². The van der Waals surface area contributed by atoms with Gasteiger partial charge in [-0.2, -0.15) is 0 Å². The topological polar surface area (TPSA) is 103 Å². The summed E-state index contributed by atoms with van der Waals surface area (Å²) in [6.45, 7) is 9.62. The SMILES string of the molecule is C/C=C\C(Cl)=C/CCl.Cc1[nH]c(/C=C2\C(=O)Nc3ccc(S(C)(=O)=O)cc32)c(C)c1C(=O)N1CCC[C@H]1CN1CCCC1. The number of benzene rings is 1. The quantitative estimate of drug-likeness (QED) is 0.213. The highest BCUT2D eigenvalue weighted by Gasteiger charge is 2.34. The molecule has 5 rings (SSSR count). The second kappa shape index (κ2) is 14.3. The molecule has 43 heavy (non-hydrogen) atoms. The van der Waals surface area contributed by atoms with E-state index in [2.05, 4.69) is 15.2 Å². The summed E-state index contributed by atoms with van der Waals surface area (Å²) in [6, 6.07) is 4.86. The first-order valence-corrected chi connectivity index (χ1v) is 17.4. The molecule has 11 heteroatoms. The maximum atomic E-state index is 13.7. The Morgan fingerprint density at radius 1 is 1.14 bits per heavy atom. The van der Waals surface area contributed by atoms with Gasteiger partial charge >= 0.3 is 0 Å². The largest absolute Gasteiger partial charge is 0.358 e. The first kappa shape index (κ1) is 33.1. The van der Waals surface area contributed by atoms with E-state index in [0.717, 1.165) is 56.5 Å². The van der Waals surface area contributed by atoms with E-state index < -0.39 is 9.84 Å². The number of hydrogen-bond acceptors (Lipinski definition) is 5. The van der Waals surface area contributed by atoms with Crippen molar-refractivity contribution in [1.82, 2.24) is 14.8 Å². The van der Waals surface area contributed by atoms with Crippen LogP contribution in [0.15, 0.2) is 46.4 Å². The monoisotopic (exact) mass is 646 g/mol. The lowest BCUT2D eigenvalue weighted by Gasteiger charge is -2.28. The molecule has 3 aliphatic rings. The molecule has 2 aromatic rings. The Morgan fingerprint density at radius 2 is 1.86 bits per heavy atom. The van der Waals surface area contributed by atoms with Crippen molar-refractivity contribution in [1.29, 1.82) is 0 Å². The number of nitrogens with one attached hydrogen (secondary N) is 2. The molecular weight excluding hydrogens is 607 g/mol. The first-order chi connectivity index (χ1) is 20.4. The van der Waals surface area contributed by atoms with Crippen molar-refractivity contribution >= 4 is 62.2 Å². The van der Waals surface area contributed by atoms with Crippen LogP contribution in [-0.4, -0.2) is 79.4 Å². The summed E-state index contributed by atoms with van der Waals surface area (Å²) >= 11 is 10.9. The highest BCUT2D eigenvalue weighted by molar-refractivity contribution is 7.90. The Labute approximate surface area is 264 Å². The Morgan fingerprint density at radius 3 is 2.51 bits per heavy atom. The average Bonchev–Trinajstić information content (AvgIpc) is 3.73. The van der Waals surface area contributed by atoms with E-state index in [0.29, 0.717) is 39.0 Å². The van der Waals surface area contributed by atoms with Crippen LogP contribution in [0.1, 0.15) is 65.5 Å². The molecule has 4 heterocycles. The van der Waals surface area contributed by atoms with Gasteiger partial charge < -0.3 is 20.1 Å². The summed E-state index contributed by atoms with van der Waals surface area (Å²) in [6.07, 6.45) is 12.8. The van der Waals surface area contributed by atoms with E-state index in [4.69, 9.17) is 23.2 Å². The van der Waals surface area contributed by atoms with Crippen molar-refractivity contribution in [2.75, 3.05) is 43.6 Å². The number of aromatic nitrogens is 1. The summed E-state index contributed by atoms with van der Waals surface area (Å²) in [7, 11) is -3.41. The minimum atomic E-state index is -3.41. The summed E-state index contributed by atoms with van der Waals surface area (Å²) in [5, 5.41) is 3.50. The zero-order chi connectivity index (χ0) is 31.3. The van der Waals surface area contributed by atoms with Crippen molar-refractivity contribution in [3.63, 3.8) is 0 Å². The Bertz CT molecular complexity index is 1570. The van der Waals surface area contributed by atoms with Gasteiger partial charge in [-0.05, 0) is 95.5 Å². The van der Waals surface area contributed by atoms with Crippen LogP contribution >= 0.6 is 23.2 Å². The normalized spacial score (nSPS) is 20.1. The van der Waals surface area contributed by atoms with E-state index in [9.17, 15) is 18.0 Å². The molecule has 2 fully saturated rings. The van der Waals surface area contributed by atoms with Crippen LogP contribution in [0.2, 0.25) is 0 Å². The van der Waals surface area contributed by atoms with Crippen LogP contribution in [0, 0.1) is 13.8 Å². The van der Waals surface area contributed by atoms with Crippen LogP contribution in [-0.2, 0) is 14.6 Å². The molecule has 3 aliphatic heterocycles. The fourth-order valence-corrected chi connectivity index (χ4v) is 7.02. The van der Waals surface area contributed by atoms with Gasteiger partial charge in [0.05, 0.1) is 16.0 Å². The minimum Gasteiger partial charge on any atom is -0.358 e. The van der Waals surface area contributed by atoms with Gasteiger partial charge in [0.15, 0.2) is 9.84 Å². The van der Waals surface area contributed by atoms with E-state index >= 15 is 0 Å². The third-order valence-corrected chi connectivity index (χ3v) is 9.63. The number of alkyl halides is 1. The fourth-order valence-electron chi connectivity index (χ4n) is 5.93. The number of hydrogen-bond donors (Lipinski definition) is 2. The van der Waals surface area contributed by atoms with Gasteiger partial charge in [-0.3, -0.25) is 9.59 Å². The molecule has 0 spiro atoms. The number of allylic oxidation sites excluding steroid dienone is 4. The summed E-state index contributed by atoms with van der Waals surface area (Å²) in [5.74, 6) is 0.219. The Hall–Kier alpha value is -2.85. The van der Waals surface area contributed by atoms with Gasteiger partial charge in [-0.15, -0.1) is 11.6 Å². The zero-order valence-electron chi connectivity index (χ0n) is 25.2. The number of aryl methyl sites for hydroxylation is 1. The summed E-state index contributed by atoms with van der Waals surface area (Å²) in [4.78, 5) is 34.3. The lowest BCUT2D eigenvalue weighted by atomic mass is 10.0. The molecule has 8 nitrogen and oxygen atoms in total. The molecule has 0 saturated carbocycles. The third kappa shape index (κ3) is 7.81. The number of fused-ring (bicyclic) bond motifs is 1. The lowest BCUT2D eigenvalue weighted by molar-refractivity contribution is -0.110. The molecular formula is C32H40Cl2N4O4S. The second-order valence-corrected chi connectivity index (χ2v) is 14.0. The molecule has 1 atom stereocenters. The molecule has 0 unspecified atom stereocenters. The predicted octanol–water partition coefficient (Wildman–Crippen LogP) is 6.15. The van der Waals surface area contributed by atoms with E-state index in [-0.39, 0.29) is 22.8 Å². The van der Waals surface area contributed by atoms with Crippen molar-refractivity contribution in [2.24, 2.45) is 0 Å². The van der Waals surface area contributed by atoms with Crippen molar-refractivity contribution in [2.45, 2.75) is 57.4 Å². The standard InChI is InChI=1S/C26H32N4O4S.C6H8Cl2/c1-16-23(14-21-20-13-19(35(3,33)34)8-9-22(20)28-25(21)31)27-17(2)24(16)26(32)30-12-6-7-18(30)15-29-10-4-5-11-29;1-2-3-6(8)4-5-7/h8-9,13-14,18,27H,4-7,10-12,15H2,1-3H3,(H,28,31);2-4H,5H2,1H3/b21-14-;3-2-,6-4+/t18-;/m0./s1. The van der Waals surface area contributed by atoms with Crippen molar-refractivity contribution in [3.05, 3.63) is 69.5 Å². The Kier molecular flexibility index (Phi) is 11.0. The molecule has 0 aliphatic carbocycles. The number of amides is 2. The van der Waals surface area contributed by atoms with Crippen molar-refractivity contribution in [3.8, 4) is 0 Å². The van der Waals surface area contributed by atoms with Crippen LogP contribution < -0.4 is 5.32 Å². The molecule has 2 saturated heterocycles. The number of sulfone groups is 1. The number of halogens is 2. The maximum Gasteiger partial charge on any atom is 0.256 e. The van der Waals surface area contributed by atoms with Crippen molar-refractivity contribution < 1.29 is 18.0 Å². The summed E-state index contributed by atoms with van der Waals surface area (Å²) in [5.41, 5.74) is 4.41. The maximum absolute atomic E-state index is 13.7. The van der Waals surface area contributed by atoms with Gasteiger partial charge in [0.1, 0.15) is 0 Å². The number of anilines is 1. The molecule has 0 radical (unpaired) electrons. The van der Waals surface area contributed by atoms with E-state index in [1.807, 2.05) is 31.7 Å². The van der Waals surface area contributed by atoms with Crippen LogP contribution in [0.4, 0.5) is 5.69 Å². The fraction of sp³-hybridized carbons (Fsp3) is 0.438. The summed E-state index contributed by atoms with van der Waals surface area (Å²) < 4.78 is 24.1. The second-order valence-electron chi connectivity index (χ2n) is 11.2.